The fourth-order valence-corrected chi connectivity index (χ4v) is 5.00. The van der Waals surface area contributed by atoms with Gasteiger partial charge in [0.1, 0.15) is 5.82 Å². The van der Waals surface area contributed by atoms with Crippen molar-refractivity contribution in [2.24, 2.45) is 5.92 Å². The number of carbonyl (C=O) groups excluding carboxylic acids is 1. The van der Waals surface area contributed by atoms with Crippen LogP contribution in [0.1, 0.15) is 44.1 Å². The van der Waals surface area contributed by atoms with Gasteiger partial charge in [-0.05, 0) is 70.8 Å². The molecule has 3 saturated heterocycles. The number of hydrogen-bond donors (Lipinski definition) is 1. The molecule has 0 radical (unpaired) electrons. The molecule has 1 N–H and O–H groups in total. The number of ether oxygens (including phenoxy) is 1. The quantitative estimate of drug-likeness (QED) is 0.793. The van der Waals surface area contributed by atoms with Gasteiger partial charge in [0.25, 0.3) is 0 Å². The zero-order valence-corrected chi connectivity index (χ0v) is 17.3. The number of carbonyl (C=O) groups is 1. The van der Waals surface area contributed by atoms with Crippen LogP contribution in [-0.4, -0.2) is 67.2 Å². The van der Waals surface area contributed by atoms with Crippen molar-refractivity contribution in [1.82, 2.24) is 15.1 Å². The standard InChI is InChI=1S/C23H34FN3O2/c24-22-6-2-1-4-19(22)17-26-11-9-20(10-12-26)27-13-7-18(8-14-27)23(28)25-16-21-5-3-15-29-21/h1-2,4,6,18,20-21H,3,5,7-17H2,(H,25,28). The van der Waals surface area contributed by atoms with E-state index in [0.29, 0.717) is 19.1 Å². The van der Waals surface area contributed by atoms with Gasteiger partial charge in [0.05, 0.1) is 6.10 Å². The molecule has 29 heavy (non-hydrogen) atoms. The number of rotatable bonds is 6. The Kier molecular flexibility index (Phi) is 7.16. The van der Waals surface area contributed by atoms with Crippen molar-refractivity contribution in [3.05, 3.63) is 35.6 Å². The largest absolute Gasteiger partial charge is 0.376 e. The van der Waals surface area contributed by atoms with E-state index in [0.717, 1.165) is 76.9 Å². The monoisotopic (exact) mass is 403 g/mol. The van der Waals surface area contributed by atoms with Crippen LogP contribution in [0.5, 0.6) is 0 Å². The van der Waals surface area contributed by atoms with E-state index in [-0.39, 0.29) is 23.7 Å². The third-order valence-corrected chi connectivity index (χ3v) is 6.85. The fraction of sp³-hybridized carbons (Fsp3) is 0.696. The maximum atomic E-state index is 13.9. The summed E-state index contributed by atoms with van der Waals surface area (Å²) >= 11 is 0. The summed E-state index contributed by atoms with van der Waals surface area (Å²) < 4.78 is 19.5. The zero-order chi connectivity index (χ0) is 20.1. The van der Waals surface area contributed by atoms with Crippen LogP contribution in [-0.2, 0) is 16.1 Å². The van der Waals surface area contributed by atoms with Crippen LogP contribution in [0.25, 0.3) is 0 Å². The molecule has 1 aromatic carbocycles. The molecule has 5 nitrogen and oxygen atoms in total. The molecule has 3 aliphatic rings. The summed E-state index contributed by atoms with van der Waals surface area (Å²) in [5.74, 6) is 0.253. The SMILES string of the molecule is O=C(NCC1CCCO1)C1CCN(C2CCN(Cc3ccccc3F)CC2)CC1. The first-order chi connectivity index (χ1) is 14.2. The van der Waals surface area contributed by atoms with Crippen molar-refractivity contribution in [2.45, 2.75) is 57.2 Å². The van der Waals surface area contributed by atoms with Crippen LogP contribution in [0.3, 0.4) is 0 Å². The van der Waals surface area contributed by atoms with Gasteiger partial charge in [-0.15, -0.1) is 0 Å². The van der Waals surface area contributed by atoms with E-state index < -0.39 is 0 Å². The highest BCUT2D eigenvalue weighted by Crippen LogP contribution is 2.25. The highest BCUT2D eigenvalue weighted by atomic mass is 19.1. The normalized spacial score (nSPS) is 25.3. The molecule has 3 fully saturated rings. The van der Waals surface area contributed by atoms with Crippen LogP contribution < -0.4 is 5.32 Å². The Bertz CT molecular complexity index is 664. The number of benzene rings is 1. The van der Waals surface area contributed by atoms with Crippen LogP contribution in [0, 0.1) is 11.7 Å². The van der Waals surface area contributed by atoms with E-state index >= 15 is 0 Å². The average Bonchev–Trinajstić information content (AvgIpc) is 3.28. The zero-order valence-electron chi connectivity index (χ0n) is 17.3. The predicted molar refractivity (Wildman–Crippen MR) is 111 cm³/mol. The molecule has 1 atom stereocenters. The molecular formula is C23H34FN3O2. The Morgan fingerprint density at radius 1 is 1.07 bits per heavy atom. The number of nitrogens with one attached hydrogen (secondary N) is 1. The summed E-state index contributed by atoms with van der Waals surface area (Å²) in [5.41, 5.74) is 0.792. The summed E-state index contributed by atoms with van der Waals surface area (Å²) in [5, 5.41) is 3.10. The second-order valence-electron chi connectivity index (χ2n) is 8.79. The van der Waals surface area contributed by atoms with E-state index in [9.17, 15) is 9.18 Å². The number of nitrogens with zero attached hydrogens (tertiary/aromatic N) is 2. The Hall–Kier alpha value is -1.50. The van der Waals surface area contributed by atoms with E-state index in [4.69, 9.17) is 4.74 Å². The number of amides is 1. The molecule has 1 unspecified atom stereocenters. The van der Waals surface area contributed by atoms with Gasteiger partial charge in [0.15, 0.2) is 0 Å². The van der Waals surface area contributed by atoms with Gasteiger partial charge >= 0.3 is 0 Å². The molecule has 3 heterocycles. The van der Waals surface area contributed by atoms with Crippen molar-refractivity contribution in [1.29, 1.82) is 0 Å². The maximum absolute atomic E-state index is 13.9. The molecule has 0 spiro atoms. The van der Waals surface area contributed by atoms with Crippen molar-refractivity contribution in [2.75, 3.05) is 39.3 Å². The lowest BCUT2D eigenvalue weighted by molar-refractivity contribution is -0.127. The Morgan fingerprint density at radius 2 is 1.83 bits per heavy atom. The lowest BCUT2D eigenvalue weighted by atomic mass is 9.92. The molecule has 160 valence electrons. The minimum Gasteiger partial charge on any atom is -0.376 e. The minimum absolute atomic E-state index is 0.102. The van der Waals surface area contributed by atoms with Crippen LogP contribution >= 0.6 is 0 Å². The molecule has 3 aliphatic heterocycles. The van der Waals surface area contributed by atoms with Crippen LogP contribution in [0.2, 0.25) is 0 Å². The number of likely N-dealkylation sites (tertiary alicyclic amines) is 2. The van der Waals surface area contributed by atoms with E-state index in [2.05, 4.69) is 15.1 Å². The molecule has 0 aliphatic carbocycles. The molecule has 0 bridgehead atoms. The van der Waals surface area contributed by atoms with Gasteiger partial charge in [-0.3, -0.25) is 9.69 Å². The molecular weight excluding hydrogens is 369 g/mol. The van der Waals surface area contributed by atoms with Gasteiger partial charge in [-0.1, -0.05) is 18.2 Å². The highest BCUT2D eigenvalue weighted by molar-refractivity contribution is 5.78. The van der Waals surface area contributed by atoms with Crippen molar-refractivity contribution >= 4 is 5.91 Å². The van der Waals surface area contributed by atoms with Gasteiger partial charge in [0.2, 0.25) is 5.91 Å². The number of hydrogen-bond acceptors (Lipinski definition) is 4. The number of halogens is 1. The molecule has 0 saturated carbocycles. The predicted octanol–water partition coefficient (Wildman–Crippen LogP) is 2.80. The van der Waals surface area contributed by atoms with Crippen molar-refractivity contribution in [3.8, 4) is 0 Å². The Balaban J connectivity index is 1.16. The fourth-order valence-electron chi connectivity index (χ4n) is 5.00. The summed E-state index contributed by atoms with van der Waals surface area (Å²) in [6, 6.07) is 7.69. The second-order valence-corrected chi connectivity index (χ2v) is 8.79. The van der Waals surface area contributed by atoms with Crippen LogP contribution in [0.15, 0.2) is 24.3 Å². The van der Waals surface area contributed by atoms with Gasteiger partial charge in [0, 0.05) is 37.2 Å². The number of piperidine rings is 2. The maximum Gasteiger partial charge on any atom is 0.223 e. The Labute approximate surface area is 173 Å². The van der Waals surface area contributed by atoms with Gasteiger partial charge < -0.3 is 15.0 Å². The lowest BCUT2D eigenvalue weighted by Gasteiger charge is -2.41. The third kappa shape index (κ3) is 5.56. The second kappa shape index (κ2) is 10.0. The van der Waals surface area contributed by atoms with E-state index in [1.165, 1.54) is 0 Å². The minimum atomic E-state index is -0.102. The van der Waals surface area contributed by atoms with Gasteiger partial charge in [-0.25, -0.2) is 4.39 Å². The topological polar surface area (TPSA) is 44.8 Å². The lowest BCUT2D eigenvalue weighted by Crippen LogP contribution is -2.49. The third-order valence-electron chi connectivity index (χ3n) is 6.85. The Morgan fingerprint density at radius 3 is 2.52 bits per heavy atom. The first-order valence-electron chi connectivity index (χ1n) is 11.3. The average molecular weight is 404 g/mol. The molecule has 6 heteroatoms. The summed E-state index contributed by atoms with van der Waals surface area (Å²) in [6.45, 7) is 6.25. The first kappa shape index (κ1) is 20.8. The summed E-state index contributed by atoms with van der Waals surface area (Å²) in [6.07, 6.45) is 6.55. The molecule has 1 aromatic rings. The van der Waals surface area contributed by atoms with Crippen LogP contribution in [0.4, 0.5) is 4.39 Å². The smallest absolute Gasteiger partial charge is 0.223 e. The van der Waals surface area contributed by atoms with E-state index in [1.807, 2.05) is 12.1 Å². The summed E-state index contributed by atoms with van der Waals surface area (Å²) in [7, 11) is 0. The van der Waals surface area contributed by atoms with Crippen molar-refractivity contribution in [3.63, 3.8) is 0 Å². The molecule has 4 rings (SSSR count). The molecule has 1 amide bonds. The molecule has 0 aromatic heterocycles. The first-order valence-corrected chi connectivity index (χ1v) is 11.3. The van der Waals surface area contributed by atoms with E-state index in [1.54, 1.807) is 12.1 Å². The van der Waals surface area contributed by atoms with Gasteiger partial charge in [-0.2, -0.15) is 0 Å². The van der Waals surface area contributed by atoms with Crippen molar-refractivity contribution < 1.29 is 13.9 Å². The summed E-state index contributed by atoms with van der Waals surface area (Å²) in [4.78, 5) is 17.4. The highest BCUT2D eigenvalue weighted by Gasteiger charge is 2.31.